The maximum absolute atomic E-state index is 11.5. The highest BCUT2D eigenvalue weighted by Gasteiger charge is 2.18. The highest BCUT2D eigenvalue weighted by atomic mass is 32.2. The van der Waals surface area contributed by atoms with Crippen molar-refractivity contribution in [3.8, 4) is 16.9 Å². The Balaban J connectivity index is 2.19. The smallest absolute Gasteiger partial charge is 0.294 e. The molecule has 27 heavy (non-hydrogen) atoms. The molecule has 0 atom stereocenters. The number of hydrogen-bond acceptors (Lipinski definition) is 6. The molecule has 3 rings (SSSR count). The SMILES string of the molecule is COc1c(N)ccc(/N=N/c2ccccc2)c1-c1cccc(S(=O)(=O)O)c1. The second kappa shape index (κ2) is 7.56. The van der Waals surface area contributed by atoms with E-state index in [1.54, 1.807) is 30.3 Å². The van der Waals surface area contributed by atoms with Crippen LogP contribution in [0.3, 0.4) is 0 Å². The summed E-state index contributed by atoms with van der Waals surface area (Å²) in [6.07, 6.45) is 0. The van der Waals surface area contributed by atoms with E-state index in [1.165, 1.54) is 25.3 Å². The fraction of sp³-hybridized carbons (Fsp3) is 0.0526. The van der Waals surface area contributed by atoms with Crippen LogP contribution in [0.5, 0.6) is 5.75 Å². The number of hydrogen-bond donors (Lipinski definition) is 2. The van der Waals surface area contributed by atoms with Crippen LogP contribution in [0, 0.1) is 0 Å². The predicted octanol–water partition coefficient (Wildman–Crippen LogP) is 4.61. The molecule has 0 spiro atoms. The van der Waals surface area contributed by atoms with Gasteiger partial charge in [-0.25, -0.2) is 0 Å². The summed E-state index contributed by atoms with van der Waals surface area (Å²) in [5.41, 5.74) is 8.41. The molecular formula is C19H17N3O4S. The number of rotatable bonds is 5. The predicted molar refractivity (Wildman–Crippen MR) is 103 cm³/mol. The standard InChI is InChI=1S/C19H17N3O4S/c1-26-19-16(20)10-11-17(22-21-14-7-3-2-4-8-14)18(19)13-6-5-9-15(12-13)27(23,24)25/h2-12H,20H2,1H3,(H,23,24,25)/b22-21+. The Morgan fingerprint density at radius 2 is 1.70 bits per heavy atom. The Morgan fingerprint density at radius 3 is 2.37 bits per heavy atom. The third-order valence-corrected chi connectivity index (χ3v) is 4.67. The van der Waals surface area contributed by atoms with Crippen LogP contribution in [0.15, 0.2) is 81.9 Å². The lowest BCUT2D eigenvalue weighted by Gasteiger charge is -2.14. The summed E-state index contributed by atoms with van der Waals surface area (Å²) in [6.45, 7) is 0. The topological polar surface area (TPSA) is 114 Å². The van der Waals surface area contributed by atoms with Crippen LogP contribution < -0.4 is 10.5 Å². The van der Waals surface area contributed by atoms with Crippen molar-refractivity contribution in [3.05, 3.63) is 66.7 Å². The van der Waals surface area contributed by atoms with Gasteiger partial charge >= 0.3 is 0 Å². The Labute approximate surface area is 156 Å². The van der Waals surface area contributed by atoms with E-state index in [9.17, 15) is 13.0 Å². The number of anilines is 1. The monoisotopic (exact) mass is 383 g/mol. The van der Waals surface area contributed by atoms with Crippen molar-refractivity contribution < 1.29 is 17.7 Å². The van der Waals surface area contributed by atoms with Crippen LogP contribution in [0.2, 0.25) is 0 Å². The first-order valence-electron chi connectivity index (χ1n) is 7.91. The van der Waals surface area contributed by atoms with Crippen molar-refractivity contribution >= 4 is 27.2 Å². The summed E-state index contributed by atoms with van der Waals surface area (Å²) in [5.74, 6) is 0.340. The third-order valence-electron chi connectivity index (χ3n) is 3.82. The van der Waals surface area contributed by atoms with Crippen LogP contribution >= 0.6 is 0 Å². The number of azo groups is 1. The normalized spacial score (nSPS) is 11.6. The molecule has 0 aliphatic carbocycles. The fourth-order valence-corrected chi connectivity index (χ4v) is 3.12. The van der Waals surface area contributed by atoms with E-state index in [2.05, 4.69) is 10.2 Å². The fourth-order valence-electron chi connectivity index (χ4n) is 2.59. The van der Waals surface area contributed by atoms with Crippen molar-refractivity contribution in [2.24, 2.45) is 10.2 Å². The molecule has 0 fully saturated rings. The zero-order chi connectivity index (χ0) is 19.4. The second-order valence-corrected chi connectivity index (χ2v) is 7.04. The minimum absolute atomic E-state index is 0.240. The van der Waals surface area contributed by atoms with E-state index in [0.717, 1.165) is 0 Å². The highest BCUT2D eigenvalue weighted by Crippen LogP contribution is 2.43. The summed E-state index contributed by atoms with van der Waals surface area (Å²) in [7, 11) is -2.90. The number of ether oxygens (including phenoxy) is 1. The zero-order valence-corrected chi connectivity index (χ0v) is 15.2. The lowest BCUT2D eigenvalue weighted by Crippen LogP contribution is -1.99. The Hall–Kier alpha value is -3.23. The summed E-state index contributed by atoms with van der Waals surface area (Å²) in [4.78, 5) is -0.240. The van der Waals surface area contributed by atoms with Gasteiger partial charge < -0.3 is 10.5 Å². The van der Waals surface area contributed by atoms with E-state index in [-0.39, 0.29) is 4.90 Å². The molecule has 0 bridgehead atoms. The summed E-state index contributed by atoms with van der Waals surface area (Å²) in [5, 5.41) is 8.47. The van der Waals surface area contributed by atoms with E-state index in [0.29, 0.717) is 33.9 Å². The van der Waals surface area contributed by atoms with Gasteiger partial charge in [0.2, 0.25) is 0 Å². The van der Waals surface area contributed by atoms with E-state index in [1.807, 2.05) is 18.2 Å². The Morgan fingerprint density at radius 1 is 0.963 bits per heavy atom. The lowest BCUT2D eigenvalue weighted by atomic mass is 10.0. The molecule has 8 heteroatoms. The van der Waals surface area contributed by atoms with E-state index < -0.39 is 10.1 Å². The van der Waals surface area contributed by atoms with Crippen molar-refractivity contribution in [2.75, 3.05) is 12.8 Å². The lowest BCUT2D eigenvalue weighted by molar-refractivity contribution is 0.418. The first-order valence-corrected chi connectivity index (χ1v) is 9.35. The number of methoxy groups -OCH3 is 1. The first-order chi connectivity index (χ1) is 12.9. The third kappa shape index (κ3) is 4.13. The molecule has 0 aliphatic heterocycles. The quantitative estimate of drug-likeness (QED) is 0.379. The number of benzene rings is 3. The maximum atomic E-state index is 11.5. The van der Waals surface area contributed by atoms with Gasteiger partial charge in [0.05, 0.1) is 34.6 Å². The molecule has 0 amide bonds. The highest BCUT2D eigenvalue weighted by molar-refractivity contribution is 7.85. The molecule has 3 aromatic rings. The molecule has 3 aromatic carbocycles. The van der Waals surface area contributed by atoms with Crippen LogP contribution in [0.1, 0.15) is 0 Å². The van der Waals surface area contributed by atoms with Crippen molar-refractivity contribution in [2.45, 2.75) is 4.90 Å². The van der Waals surface area contributed by atoms with Crippen LogP contribution in [-0.2, 0) is 10.1 Å². The number of nitrogens with two attached hydrogens (primary N) is 1. The molecule has 3 N–H and O–H groups in total. The molecule has 0 aromatic heterocycles. The van der Waals surface area contributed by atoms with E-state index >= 15 is 0 Å². The van der Waals surface area contributed by atoms with Crippen LogP contribution in [0.25, 0.3) is 11.1 Å². The average Bonchev–Trinajstić information content (AvgIpc) is 2.67. The largest absolute Gasteiger partial charge is 0.494 e. The molecule has 138 valence electrons. The summed E-state index contributed by atoms with van der Waals surface area (Å²) >= 11 is 0. The number of nitrogen functional groups attached to an aromatic ring is 1. The van der Waals surface area contributed by atoms with Gasteiger partial charge in [0.1, 0.15) is 0 Å². The van der Waals surface area contributed by atoms with Crippen molar-refractivity contribution in [3.63, 3.8) is 0 Å². The van der Waals surface area contributed by atoms with Crippen LogP contribution in [-0.4, -0.2) is 20.1 Å². The minimum atomic E-state index is -4.36. The molecule has 0 saturated heterocycles. The molecule has 7 nitrogen and oxygen atoms in total. The minimum Gasteiger partial charge on any atom is -0.494 e. The van der Waals surface area contributed by atoms with Gasteiger partial charge in [0.15, 0.2) is 5.75 Å². The van der Waals surface area contributed by atoms with Crippen molar-refractivity contribution in [1.29, 1.82) is 0 Å². The van der Waals surface area contributed by atoms with E-state index in [4.69, 9.17) is 10.5 Å². The Bertz CT molecular complexity index is 1100. The van der Waals surface area contributed by atoms with Gasteiger partial charge in [-0.05, 0) is 42.0 Å². The van der Waals surface area contributed by atoms with Gasteiger partial charge in [-0.15, -0.1) is 5.11 Å². The van der Waals surface area contributed by atoms with Gasteiger partial charge in [-0.2, -0.15) is 13.5 Å². The molecule has 0 radical (unpaired) electrons. The van der Waals surface area contributed by atoms with Gasteiger partial charge in [0.25, 0.3) is 10.1 Å². The zero-order valence-electron chi connectivity index (χ0n) is 14.4. The van der Waals surface area contributed by atoms with Gasteiger partial charge in [-0.1, -0.05) is 30.3 Å². The summed E-state index contributed by atoms with van der Waals surface area (Å²) in [6, 6.07) is 18.3. The van der Waals surface area contributed by atoms with Crippen molar-refractivity contribution in [1.82, 2.24) is 0 Å². The summed E-state index contributed by atoms with van der Waals surface area (Å²) < 4.78 is 37.7. The van der Waals surface area contributed by atoms with Crippen LogP contribution in [0.4, 0.5) is 17.1 Å². The molecule has 0 heterocycles. The van der Waals surface area contributed by atoms with Gasteiger partial charge in [-0.3, -0.25) is 4.55 Å². The van der Waals surface area contributed by atoms with Gasteiger partial charge in [0, 0.05) is 0 Å². The molecule has 0 unspecified atom stereocenters. The first kappa shape index (κ1) is 18.6. The molecule has 0 aliphatic rings. The number of nitrogens with zero attached hydrogens (tertiary/aromatic N) is 2. The second-order valence-electron chi connectivity index (χ2n) is 5.62. The molecular weight excluding hydrogens is 366 g/mol. The molecule has 0 saturated carbocycles. The Kier molecular flexibility index (Phi) is 5.20. The average molecular weight is 383 g/mol. The maximum Gasteiger partial charge on any atom is 0.294 e.